The molecule has 1 atom stereocenters. The summed E-state index contributed by atoms with van der Waals surface area (Å²) in [7, 11) is 1.86. The number of nitriles is 1. The summed E-state index contributed by atoms with van der Waals surface area (Å²) in [4.78, 5) is 34.3. The zero-order valence-electron chi connectivity index (χ0n) is 19.9. The van der Waals surface area contributed by atoms with Gasteiger partial charge in [-0.2, -0.15) is 5.26 Å². The molecule has 2 saturated heterocycles. The number of hydrogen-bond donors (Lipinski definition) is 2. The van der Waals surface area contributed by atoms with Crippen LogP contribution >= 0.6 is 0 Å². The van der Waals surface area contributed by atoms with Gasteiger partial charge in [-0.1, -0.05) is 0 Å². The van der Waals surface area contributed by atoms with E-state index in [1.165, 1.54) is 18.8 Å². The van der Waals surface area contributed by atoms with E-state index in [1.807, 2.05) is 37.1 Å². The van der Waals surface area contributed by atoms with E-state index in [1.54, 1.807) is 11.0 Å². The lowest BCUT2D eigenvalue weighted by Crippen LogP contribution is -2.45. The van der Waals surface area contributed by atoms with Crippen molar-refractivity contribution in [1.82, 2.24) is 14.8 Å². The Morgan fingerprint density at radius 1 is 1.03 bits per heavy atom. The van der Waals surface area contributed by atoms with Crippen LogP contribution in [0.5, 0.6) is 0 Å². The number of hydrogen-bond acceptors (Lipinski definition) is 6. The van der Waals surface area contributed by atoms with Crippen molar-refractivity contribution in [2.75, 3.05) is 43.9 Å². The molecule has 0 unspecified atom stereocenters. The number of anilines is 2. The molecule has 2 aliphatic heterocycles. The first-order chi connectivity index (χ1) is 16.5. The SMILES string of the molecule is CNc1cc(C)cc(C(=O)N2CCCCC2)c1N[C@@H]1CCCN(C(=O)c2cncc(C#N)c2)C1. The molecule has 1 aromatic carbocycles. The molecule has 1 aromatic heterocycles. The number of nitrogens with zero attached hydrogens (tertiary/aromatic N) is 4. The minimum Gasteiger partial charge on any atom is -0.386 e. The Hall–Kier alpha value is -3.60. The van der Waals surface area contributed by atoms with Gasteiger partial charge < -0.3 is 20.4 Å². The third kappa shape index (κ3) is 5.14. The maximum atomic E-state index is 13.5. The number of benzene rings is 1. The summed E-state index contributed by atoms with van der Waals surface area (Å²) < 4.78 is 0. The van der Waals surface area contributed by atoms with Gasteiger partial charge in [0.05, 0.1) is 28.1 Å². The second kappa shape index (κ2) is 10.6. The summed E-state index contributed by atoms with van der Waals surface area (Å²) in [6.45, 7) is 4.76. The topological polar surface area (TPSA) is 101 Å². The van der Waals surface area contributed by atoms with Gasteiger partial charge in [0.15, 0.2) is 0 Å². The lowest BCUT2D eigenvalue weighted by molar-refractivity contribution is 0.0707. The number of carbonyl (C=O) groups is 2. The molecule has 8 heteroatoms. The first kappa shape index (κ1) is 23.6. The summed E-state index contributed by atoms with van der Waals surface area (Å²) in [6, 6.07) is 7.64. The number of nitrogens with one attached hydrogen (secondary N) is 2. The molecule has 4 rings (SSSR count). The Morgan fingerprint density at radius 3 is 2.53 bits per heavy atom. The second-order valence-corrected chi connectivity index (χ2v) is 9.15. The quantitative estimate of drug-likeness (QED) is 0.706. The van der Waals surface area contributed by atoms with E-state index in [0.29, 0.717) is 29.8 Å². The molecule has 2 N–H and O–H groups in total. The summed E-state index contributed by atoms with van der Waals surface area (Å²) in [5, 5.41) is 16.0. The lowest BCUT2D eigenvalue weighted by atomic mass is 10.0. The van der Waals surface area contributed by atoms with Crippen LogP contribution in [-0.4, -0.2) is 65.9 Å². The molecule has 34 heavy (non-hydrogen) atoms. The smallest absolute Gasteiger partial charge is 0.256 e. The van der Waals surface area contributed by atoms with Crippen molar-refractivity contribution in [1.29, 1.82) is 5.26 Å². The molecule has 2 amide bonds. The van der Waals surface area contributed by atoms with E-state index in [2.05, 4.69) is 15.6 Å². The number of amides is 2. The van der Waals surface area contributed by atoms with Gasteiger partial charge in [0.1, 0.15) is 6.07 Å². The van der Waals surface area contributed by atoms with Crippen LogP contribution in [0, 0.1) is 18.3 Å². The summed E-state index contributed by atoms with van der Waals surface area (Å²) >= 11 is 0. The third-order valence-corrected chi connectivity index (χ3v) is 6.60. The molecule has 2 fully saturated rings. The molecule has 178 valence electrons. The zero-order valence-corrected chi connectivity index (χ0v) is 19.9. The standard InChI is InChI=1S/C26H32N6O2/c1-18-11-22(26(34)31-8-4-3-5-9-31)24(23(12-18)28-2)30-21-7-6-10-32(17-21)25(33)20-13-19(14-27)15-29-16-20/h11-13,15-16,21,28,30H,3-10,17H2,1-2H3/t21-/m1/s1. The largest absolute Gasteiger partial charge is 0.386 e. The lowest BCUT2D eigenvalue weighted by Gasteiger charge is -2.35. The molecule has 0 aliphatic carbocycles. The van der Waals surface area contributed by atoms with E-state index >= 15 is 0 Å². The molecule has 3 heterocycles. The van der Waals surface area contributed by atoms with Crippen LogP contribution in [0.25, 0.3) is 0 Å². The Kier molecular flexibility index (Phi) is 7.31. The number of likely N-dealkylation sites (tertiary alicyclic amines) is 2. The number of carbonyl (C=O) groups excluding carboxylic acids is 2. The molecule has 0 bridgehead atoms. The summed E-state index contributed by atoms with van der Waals surface area (Å²) in [6.07, 6.45) is 7.97. The van der Waals surface area contributed by atoms with Crippen molar-refractivity contribution >= 4 is 23.2 Å². The maximum Gasteiger partial charge on any atom is 0.256 e. The van der Waals surface area contributed by atoms with Gasteiger partial charge >= 0.3 is 0 Å². The average molecular weight is 461 g/mol. The summed E-state index contributed by atoms with van der Waals surface area (Å²) in [5.74, 6) is -0.0657. The van der Waals surface area contributed by atoms with Crippen LogP contribution in [0.1, 0.15) is 63.9 Å². The highest BCUT2D eigenvalue weighted by Gasteiger charge is 2.28. The van der Waals surface area contributed by atoms with Gasteiger partial charge in [0, 0.05) is 51.7 Å². The van der Waals surface area contributed by atoms with Gasteiger partial charge in [0.25, 0.3) is 11.8 Å². The fraction of sp³-hybridized carbons (Fsp3) is 0.462. The second-order valence-electron chi connectivity index (χ2n) is 9.15. The molecule has 2 aromatic rings. The van der Waals surface area contributed by atoms with E-state index in [-0.39, 0.29) is 17.9 Å². The van der Waals surface area contributed by atoms with Crippen LogP contribution < -0.4 is 10.6 Å². The van der Waals surface area contributed by atoms with Crippen molar-refractivity contribution in [3.05, 3.63) is 52.8 Å². The number of aromatic nitrogens is 1. The fourth-order valence-electron chi connectivity index (χ4n) is 4.86. The molecule has 0 radical (unpaired) electrons. The Morgan fingerprint density at radius 2 is 1.79 bits per heavy atom. The van der Waals surface area contributed by atoms with Crippen molar-refractivity contribution in [3.8, 4) is 6.07 Å². The molecule has 0 saturated carbocycles. The van der Waals surface area contributed by atoms with E-state index in [9.17, 15) is 9.59 Å². The molecular formula is C26H32N6O2. The highest BCUT2D eigenvalue weighted by molar-refractivity contribution is 6.03. The predicted octanol–water partition coefficient (Wildman–Crippen LogP) is 3.65. The van der Waals surface area contributed by atoms with Crippen LogP contribution in [0.3, 0.4) is 0 Å². The van der Waals surface area contributed by atoms with E-state index in [0.717, 1.165) is 55.7 Å². The highest BCUT2D eigenvalue weighted by Crippen LogP contribution is 2.32. The number of pyridine rings is 1. The van der Waals surface area contributed by atoms with Crippen molar-refractivity contribution in [2.45, 2.75) is 45.1 Å². The predicted molar refractivity (Wildman–Crippen MR) is 132 cm³/mol. The highest BCUT2D eigenvalue weighted by atomic mass is 16.2. The first-order valence-electron chi connectivity index (χ1n) is 12.0. The molecule has 0 spiro atoms. The van der Waals surface area contributed by atoms with Crippen molar-refractivity contribution in [2.24, 2.45) is 0 Å². The monoisotopic (exact) mass is 460 g/mol. The van der Waals surface area contributed by atoms with Crippen LogP contribution in [0.4, 0.5) is 11.4 Å². The van der Waals surface area contributed by atoms with Crippen molar-refractivity contribution in [3.63, 3.8) is 0 Å². The number of rotatable bonds is 5. The van der Waals surface area contributed by atoms with Gasteiger partial charge in [-0.25, -0.2) is 0 Å². The minimum atomic E-state index is -0.126. The normalized spacial score (nSPS) is 18.2. The van der Waals surface area contributed by atoms with Gasteiger partial charge in [0.2, 0.25) is 0 Å². The van der Waals surface area contributed by atoms with E-state index in [4.69, 9.17) is 5.26 Å². The number of piperidine rings is 2. The zero-order chi connectivity index (χ0) is 24.1. The van der Waals surface area contributed by atoms with E-state index < -0.39 is 0 Å². The summed E-state index contributed by atoms with van der Waals surface area (Å²) in [5.41, 5.74) is 4.19. The van der Waals surface area contributed by atoms with Crippen LogP contribution in [0.2, 0.25) is 0 Å². The molecule has 8 nitrogen and oxygen atoms in total. The Labute approximate surface area is 201 Å². The third-order valence-electron chi connectivity index (χ3n) is 6.60. The van der Waals surface area contributed by atoms with Gasteiger partial charge in [-0.05, 0) is 62.8 Å². The van der Waals surface area contributed by atoms with Gasteiger partial charge in [-0.3, -0.25) is 14.6 Å². The Balaban J connectivity index is 1.56. The van der Waals surface area contributed by atoms with Crippen molar-refractivity contribution < 1.29 is 9.59 Å². The fourth-order valence-corrected chi connectivity index (χ4v) is 4.86. The molecular weight excluding hydrogens is 428 g/mol. The van der Waals surface area contributed by atoms with Gasteiger partial charge in [-0.15, -0.1) is 0 Å². The Bertz CT molecular complexity index is 1100. The first-order valence-corrected chi connectivity index (χ1v) is 12.0. The minimum absolute atomic E-state index is 0.00696. The maximum absolute atomic E-state index is 13.5. The number of aryl methyl sites for hydroxylation is 1. The van der Waals surface area contributed by atoms with Crippen LogP contribution in [0.15, 0.2) is 30.6 Å². The molecule has 2 aliphatic rings. The van der Waals surface area contributed by atoms with Crippen LogP contribution in [-0.2, 0) is 0 Å². The average Bonchev–Trinajstić information content (AvgIpc) is 2.89.